The van der Waals surface area contributed by atoms with Gasteiger partial charge < -0.3 is 4.90 Å². The van der Waals surface area contributed by atoms with Crippen LogP contribution >= 0.6 is 11.6 Å². The number of halogens is 3. The van der Waals surface area contributed by atoms with Crippen molar-refractivity contribution in [2.24, 2.45) is 5.41 Å². The minimum Gasteiger partial charge on any atom is -0.352 e. The van der Waals surface area contributed by atoms with E-state index >= 15 is 4.39 Å². The molecule has 2 heterocycles. The number of hydrogen-bond donors (Lipinski definition) is 0. The summed E-state index contributed by atoms with van der Waals surface area (Å²) in [5, 5.41) is 0.475. The first-order valence-corrected chi connectivity index (χ1v) is 13.2. The molecule has 7 rings (SSSR count). The highest BCUT2D eigenvalue weighted by Gasteiger charge is 2.71. The monoisotopic (exact) mass is 551 g/mol. The molecule has 3 aliphatic rings. The molecule has 1 spiro atoms. The molecule has 196 valence electrons. The Bertz CT molecular complexity index is 1750. The van der Waals surface area contributed by atoms with Gasteiger partial charge in [-0.15, -0.1) is 0 Å². The minimum absolute atomic E-state index is 0.0933. The summed E-state index contributed by atoms with van der Waals surface area (Å²) in [6.07, 6.45) is 3.53. The van der Waals surface area contributed by atoms with Gasteiger partial charge in [0.1, 0.15) is 23.1 Å². The standard InChI is InChI=1S/C33H20ClF2NO3/c34-20-12-15-26-19(17-20)11-16-27-33(31(39)22-5-1-2-6-23(22)32(33)40)28(24-7-3-4-8-25(24)36)29(37(26)27)30(38)18-9-13-21(35)14-10-18/h1-17,27-29H/t27-,28+,29+/m1/s1. The van der Waals surface area contributed by atoms with Crippen LogP contribution in [0.1, 0.15) is 48.1 Å². The summed E-state index contributed by atoms with van der Waals surface area (Å²) >= 11 is 6.29. The zero-order valence-electron chi connectivity index (χ0n) is 20.9. The molecule has 1 aliphatic carbocycles. The lowest BCUT2D eigenvalue weighted by atomic mass is 9.64. The van der Waals surface area contributed by atoms with Gasteiger partial charge in [-0.25, -0.2) is 8.78 Å². The molecule has 0 unspecified atom stereocenters. The molecule has 4 nitrogen and oxygen atoms in total. The molecule has 7 heteroatoms. The van der Waals surface area contributed by atoms with E-state index in [9.17, 15) is 18.8 Å². The maximum Gasteiger partial charge on any atom is 0.185 e. The number of ketones is 3. The second kappa shape index (κ2) is 8.80. The second-order valence-corrected chi connectivity index (χ2v) is 10.7. The smallest absolute Gasteiger partial charge is 0.185 e. The number of anilines is 1. The van der Waals surface area contributed by atoms with Crippen LogP contribution in [-0.2, 0) is 0 Å². The average Bonchev–Trinajstić information content (AvgIpc) is 3.39. The van der Waals surface area contributed by atoms with Gasteiger partial charge in [0.05, 0.1) is 6.04 Å². The molecule has 0 amide bonds. The SMILES string of the molecule is O=C(c1ccc(F)cc1)[C@@H]1[C@H](c2ccccc2F)C2(C(=O)c3ccccc3C2=O)[C@H]2C=Cc3cc(Cl)ccc3N12. The Morgan fingerprint density at radius 2 is 1.48 bits per heavy atom. The summed E-state index contributed by atoms with van der Waals surface area (Å²) in [7, 11) is 0. The number of rotatable bonds is 3. The first-order valence-electron chi connectivity index (χ1n) is 12.8. The van der Waals surface area contributed by atoms with Crippen molar-refractivity contribution >= 4 is 40.7 Å². The van der Waals surface area contributed by atoms with Gasteiger partial charge in [0, 0.05) is 33.3 Å². The normalized spacial score (nSPS) is 21.9. The molecule has 0 aromatic heterocycles. The van der Waals surface area contributed by atoms with Crippen LogP contribution < -0.4 is 4.90 Å². The second-order valence-electron chi connectivity index (χ2n) is 10.3. The zero-order chi connectivity index (χ0) is 27.8. The quantitative estimate of drug-likeness (QED) is 0.204. The molecule has 4 aromatic rings. The third kappa shape index (κ3) is 3.20. The van der Waals surface area contributed by atoms with Crippen molar-refractivity contribution < 1.29 is 23.2 Å². The van der Waals surface area contributed by atoms with E-state index in [-0.39, 0.29) is 22.3 Å². The number of carbonyl (C=O) groups excluding carboxylic acids is 3. The van der Waals surface area contributed by atoms with Crippen molar-refractivity contribution in [2.75, 3.05) is 4.90 Å². The first kappa shape index (κ1) is 24.6. The van der Waals surface area contributed by atoms with Crippen LogP contribution in [0.15, 0.2) is 97.1 Å². The predicted octanol–water partition coefficient (Wildman–Crippen LogP) is 6.93. The highest BCUT2D eigenvalue weighted by Crippen LogP contribution is 2.61. The van der Waals surface area contributed by atoms with Gasteiger partial charge >= 0.3 is 0 Å². The summed E-state index contributed by atoms with van der Waals surface area (Å²) < 4.78 is 29.6. The fraction of sp³-hybridized carbons (Fsp3) is 0.121. The van der Waals surface area contributed by atoms with Gasteiger partial charge in [-0.1, -0.05) is 66.2 Å². The van der Waals surface area contributed by atoms with E-state index in [0.717, 1.165) is 0 Å². The van der Waals surface area contributed by atoms with Crippen LogP contribution in [0, 0.1) is 17.0 Å². The van der Waals surface area contributed by atoms with Crippen molar-refractivity contribution in [1.82, 2.24) is 0 Å². The average molecular weight is 552 g/mol. The van der Waals surface area contributed by atoms with Crippen LogP contribution in [0.5, 0.6) is 0 Å². The predicted molar refractivity (Wildman–Crippen MR) is 148 cm³/mol. The van der Waals surface area contributed by atoms with E-state index in [2.05, 4.69) is 0 Å². The van der Waals surface area contributed by atoms with Crippen LogP contribution in [0.2, 0.25) is 5.02 Å². The Hall–Kier alpha value is -4.42. The Kier molecular flexibility index (Phi) is 5.41. The maximum atomic E-state index is 15.7. The van der Waals surface area contributed by atoms with E-state index < -0.39 is 52.4 Å². The van der Waals surface area contributed by atoms with Crippen molar-refractivity contribution in [1.29, 1.82) is 0 Å². The van der Waals surface area contributed by atoms with Gasteiger partial charge in [0.2, 0.25) is 0 Å². The molecular formula is C33H20ClF2NO3. The third-order valence-corrected chi connectivity index (χ3v) is 8.64. The van der Waals surface area contributed by atoms with Gasteiger partial charge in [-0.05, 0) is 59.7 Å². The molecular weight excluding hydrogens is 532 g/mol. The number of benzene rings is 4. The Morgan fingerprint density at radius 3 is 2.15 bits per heavy atom. The highest BCUT2D eigenvalue weighted by atomic mass is 35.5. The van der Waals surface area contributed by atoms with E-state index in [1.54, 1.807) is 65.6 Å². The molecule has 0 bridgehead atoms. The Labute approximate surface area is 233 Å². The van der Waals surface area contributed by atoms with Crippen LogP contribution in [0.25, 0.3) is 6.08 Å². The summed E-state index contributed by atoms with van der Waals surface area (Å²) in [5.74, 6) is -3.68. The number of Topliss-reactive ketones (excluding diaryl/α,β-unsaturated/α-hetero) is 3. The lowest BCUT2D eigenvalue weighted by Crippen LogP contribution is -2.48. The lowest BCUT2D eigenvalue weighted by Gasteiger charge is -2.37. The topological polar surface area (TPSA) is 54.5 Å². The summed E-state index contributed by atoms with van der Waals surface area (Å²) in [5.41, 5.74) is 0.241. The summed E-state index contributed by atoms with van der Waals surface area (Å²) in [4.78, 5) is 45.2. The van der Waals surface area contributed by atoms with Crippen molar-refractivity contribution in [3.8, 4) is 0 Å². The van der Waals surface area contributed by atoms with Crippen LogP contribution in [-0.4, -0.2) is 29.4 Å². The highest BCUT2D eigenvalue weighted by molar-refractivity contribution is 6.32. The third-order valence-electron chi connectivity index (χ3n) is 8.40. The molecule has 3 atom stereocenters. The minimum atomic E-state index is -1.82. The first-order chi connectivity index (χ1) is 19.3. The number of hydrogen-bond acceptors (Lipinski definition) is 4. The number of fused-ring (bicyclic) bond motifs is 5. The number of nitrogens with zero attached hydrogens (tertiary/aromatic N) is 1. The van der Waals surface area contributed by atoms with Crippen molar-refractivity contribution in [2.45, 2.75) is 18.0 Å². The molecule has 1 fully saturated rings. The fourth-order valence-corrected chi connectivity index (χ4v) is 6.98. The molecule has 0 saturated carbocycles. The molecule has 0 radical (unpaired) electrons. The molecule has 40 heavy (non-hydrogen) atoms. The lowest BCUT2D eigenvalue weighted by molar-refractivity contribution is 0.0664. The van der Waals surface area contributed by atoms with E-state index in [4.69, 9.17) is 11.6 Å². The molecule has 0 N–H and O–H groups in total. The van der Waals surface area contributed by atoms with Crippen LogP contribution in [0.3, 0.4) is 0 Å². The van der Waals surface area contributed by atoms with Crippen molar-refractivity contribution in [3.63, 3.8) is 0 Å². The zero-order valence-corrected chi connectivity index (χ0v) is 21.6. The van der Waals surface area contributed by atoms with Gasteiger partial charge in [0.25, 0.3) is 0 Å². The van der Waals surface area contributed by atoms with Gasteiger partial charge in [-0.2, -0.15) is 0 Å². The molecule has 4 aromatic carbocycles. The molecule has 2 aliphatic heterocycles. The fourth-order valence-electron chi connectivity index (χ4n) is 6.80. The van der Waals surface area contributed by atoms with E-state index in [1.165, 1.54) is 42.5 Å². The maximum absolute atomic E-state index is 15.7. The van der Waals surface area contributed by atoms with Crippen LogP contribution in [0.4, 0.5) is 14.5 Å². The van der Waals surface area contributed by atoms with E-state index in [1.807, 2.05) is 0 Å². The van der Waals surface area contributed by atoms with E-state index in [0.29, 0.717) is 16.3 Å². The largest absolute Gasteiger partial charge is 0.352 e. The summed E-state index contributed by atoms with van der Waals surface area (Å²) in [6, 6.07) is 20.7. The van der Waals surface area contributed by atoms with Crippen molar-refractivity contribution in [3.05, 3.63) is 142 Å². The Balaban J connectivity index is 1.56. The molecule has 1 saturated heterocycles. The van der Waals surface area contributed by atoms with Gasteiger partial charge in [-0.3, -0.25) is 14.4 Å². The summed E-state index contributed by atoms with van der Waals surface area (Å²) in [6.45, 7) is 0. The van der Waals surface area contributed by atoms with Gasteiger partial charge in [0.15, 0.2) is 17.3 Å². The Morgan fingerprint density at radius 1 is 0.825 bits per heavy atom. The number of carbonyl (C=O) groups is 3.